The van der Waals surface area contributed by atoms with Crippen LogP contribution < -0.4 is 0 Å². The number of amides is 1. The molecule has 0 radical (unpaired) electrons. The second kappa shape index (κ2) is 5.42. The number of hydrogen-bond donors (Lipinski definition) is 0. The average Bonchev–Trinajstić information content (AvgIpc) is 2.97. The Morgan fingerprint density at radius 1 is 1.04 bits per heavy atom. The van der Waals surface area contributed by atoms with Crippen molar-refractivity contribution in [2.75, 3.05) is 26.3 Å². The summed E-state index contributed by atoms with van der Waals surface area (Å²) in [6, 6.07) is 6.79. The maximum Gasteiger partial charge on any atom is 0.290 e. The molecule has 1 fully saturated rings. The number of benzene rings is 1. The molecule has 1 amide bonds. The van der Waals surface area contributed by atoms with E-state index in [-0.39, 0.29) is 17.2 Å². The standard InChI is InChI=1S/C18H15NO5/c1-10-13-15(21)14(20)11-4-2-3-5-12(11)17(13)24-16(10)18(22)19-6-8-23-9-7-19/h2-5H,6-9H2,1H3. The van der Waals surface area contributed by atoms with Crippen molar-refractivity contribution in [2.24, 2.45) is 0 Å². The Hall–Kier alpha value is -2.73. The number of ether oxygens (including phenoxy) is 1. The van der Waals surface area contributed by atoms with E-state index in [1.165, 1.54) is 0 Å². The molecule has 6 heteroatoms. The molecule has 1 aliphatic carbocycles. The van der Waals surface area contributed by atoms with E-state index in [1.807, 2.05) is 0 Å². The minimum Gasteiger partial charge on any atom is -0.450 e. The number of hydrogen-bond acceptors (Lipinski definition) is 5. The van der Waals surface area contributed by atoms with E-state index in [0.717, 1.165) is 0 Å². The van der Waals surface area contributed by atoms with Gasteiger partial charge in [-0.15, -0.1) is 0 Å². The highest BCUT2D eigenvalue weighted by atomic mass is 16.5. The maximum absolute atomic E-state index is 12.7. The lowest BCUT2D eigenvalue weighted by Gasteiger charge is -2.26. The second-order valence-electron chi connectivity index (χ2n) is 5.87. The van der Waals surface area contributed by atoms with Crippen molar-refractivity contribution >= 4 is 17.5 Å². The van der Waals surface area contributed by atoms with Gasteiger partial charge in [-0.25, -0.2) is 0 Å². The number of nitrogens with zero attached hydrogens (tertiary/aromatic N) is 1. The lowest BCUT2D eigenvalue weighted by molar-refractivity contribution is 0.0282. The zero-order valence-corrected chi connectivity index (χ0v) is 13.1. The number of Topliss-reactive ketones (excluding diaryl/α,β-unsaturated/α-hetero) is 2. The van der Waals surface area contributed by atoms with Gasteiger partial charge in [-0.2, -0.15) is 0 Å². The first kappa shape index (κ1) is 14.8. The van der Waals surface area contributed by atoms with Gasteiger partial charge in [0, 0.05) is 29.8 Å². The molecule has 0 atom stereocenters. The third-order valence-electron chi connectivity index (χ3n) is 4.49. The third-order valence-corrected chi connectivity index (χ3v) is 4.49. The Bertz CT molecular complexity index is 874. The molecule has 1 saturated heterocycles. The van der Waals surface area contributed by atoms with Gasteiger partial charge < -0.3 is 14.1 Å². The quantitative estimate of drug-likeness (QED) is 0.751. The van der Waals surface area contributed by atoms with Crippen molar-refractivity contribution in [3.63, 3.8) is 0 Å². The van der Waals surface area contributed by atoms with Crippen LogP contribution in [0.1, 0.15) is 36.8 Å². The highest BCUT2D eigenvalue weighted by Gasteiger charge is 2.38. The largest absolute Gasteiger partial charge is 0.450 e. The van der Waals surface area contributed by atoms with Gasteiger partial charge in [-0.1, -0.05) is 24.3 Å². The van der Waals surface area contributed by atoms with Crippen LogP contribution in [0.5, 0.6) is 0 Å². The van der Waals surface area contributed by atoms with E-state index in [9.17, 15) is 14.4 Å². The predicted octanol–water partition coefficient (Wildman–Crippen LogP) is 2.11. The predicted molar refractivity (Wildman–Crippen MR) is 84.3 cm³/mol. The van der Waals surface area contributed by atoms with Gasteiger partial charge >= 0.3 is 0 Å². The molecule has 0 saturated carbocycles. The Morgan fingerprint density at radius 2 is 1.71 bits per heavy atom. The number of carbonyl (C=O) groups is 3. The van der Waals surface area contributed by atoms with Crippen LogP contribution in [0.15, 0.2) is 28.7 Å². The number of furan rings is 1. The molecule has 2 aromatic rings. The van der Waals surface area contributed by atoms with Crippen molar-refractivity contribution in [1.29, 1.82) is 0 Å². The maximum atomic E-state index is 12.7. The first-order valence-electron chi connectivity index (χ1n) is 7.78. The number of morpholine rings is 1. The summed E-state index contributed by atoms with van der Waals surface area (Å²) in [7, 11) is 0. The van der Waals surface area contributed by atoms with E-state index in [0.29, 0.717) is 48.8 Å². The Labute approximate surface area is 138 Å². The Balaban J connectivity index is 1.85. The molecule has 0 bridgehead atoms. The summed E-state index contributed by atoms with van der Waals surface area (Å²) in [5.74, 6) is -1.02. The van der Waals surface area contributed by atoms with Crippen LogP contribution in [-0.4, -0.2) is 48.7 Å². The lowest BCUT2D eigenvalue weighted by atomic mass is 9.87. The van der Waals surface area contributed by atoms with Crippen LogP contribution in [-0.2, 0) is 4.74 Å². The number of rotatable bonds is 1. The van der Waals surface area contributed by atoms with Gasteiger partial charge in [0.25, 0.3) is 5.91 Å². The summed E-state index contributed by atoms with van der Waals surface area (Å²) < 4.78 is 11.0. The third kappa shape index (κ3) is 2.03. The van der Waals surface area contributed by atoms with E-state index >= 15 is 0 Å². The van der Waals surface area contributed by atoms with Gasteiger partial charge in [0.2, 0.25) is 11.6 Å². The van der Waals surface area contributed by atoms with E-state index < -0.39 is 11.6 Å². The molecule has 2 aliphatic rings. The molecule has 0 unspecified atom stereocenters. The fourth-order valence-electron chi connectivity index (χ4n) is 3.21. The van der Waals surface area contributed by atoms with Crippen LogP contribution in [0.25, 0.3) is 11.3 Å². The van der Waals surface area contributed by atoms with Gasteiger partial charge in [0.05, 0.1) is 18.8 Å². The van der Waals surface area contributed by atoms with Gasteiger partial charge in [-0.05, 0) is 6.92 Å². The normalized spacial score (nSPS) is 16.8. The minimum absolute atomic E-state index is 0.125. The zero-order valence-electron chi connectivity index (χ0n) is 13.1. The van der Waals surface area contributed by atoms with Crippen molar-refractivity contribution in [3.8, 4) is 11.3 Å². The minimum atomic E-state index is -0.619. The van der Waals surface area contributed by atoms with Crippen molar-refractivity contribution in [2.45, 2.75) is 6.92 Å². The summed E-state index contributed by atoms with van der Waals surface area (Å²) in [6.07, 6.45) is 0. The van der Waals surface area contributed by atoms with Crippen molar-refractivity contribution in [3.05, 3.63) is 46.7 Å². The smallest absolute Gasteiger partial charge is 0.290 e. The van der Waals surface area contributed by atoms with Gasteiger partial charge in [-0.3, -0.25) is 14.4 Å². The summed E-state index contributed by atoms with van der Waals surface area (Å²) in [5.41, 5.74) is 1.50. The summed E-state index contributed by atoms with van der Waals surface area (Å²) in [6.45, 7) is 3.56. The molecule has 122 valence electrons. The number of ketones is 2. The second-order valence-corrected chi connectivity index (χ2v) is 5.87. The first-order chi connectivity index (χ1) is 11.6. The molecule has 2 heterocycles. The monoisotopic (exact) mass is 325 g/mol. The highest BCUT2D eigenvalue weighted by Crippen LogP contribution is 2.38. The number of carbonyl (C=O) groups excluding carboxylic acids is 3. The van der Waals surface area contributed by atoms with E-state index in [2.05, 4.69) is 0 Å². The van der Waals surface area contributed by atoms with E-state index in [1.54, 1.807) is 36.1 Å². The molecular weight excluding hydrogens is 310 g/mol. The van der Waals surface area contributed by atoms with Crippen LogP contribution in [0.3, 0.4) is 0 Å². The van der Waals surface area contributed by atoms with Gasteiger partial charge in [0.1, 0.15) is 5.76 Å². The summed E-state index contributed by atoms with van der Waals surface area (Å²) in [5, 5.41) is 0. The molecule has 1 aliphatic heterocycles. The van der Waals surface area contributed by atoms with E-state index in [4.69, 9.17) is 9.15 Å². The zero-order chi connectivity index (χ0) is 16.8. The summed E-state index contributed by atoms with van der Waals surface area (Å²) >= 11 is 0. The van der Waals surface area contributed by atoms with Crippen LogP contribution in [0.2, 0.25) is 0 Å². The van der Waals surface area contributed by atoms with Crippen LogP contribution in [0.4, 0.5) is 0 Å². The van der Waals surface area contributed by atoms with Crippen LogP contribution >= 0.6 is 0 Å². The highest BCUT2D eigenvalue weighted by molar-refractivity contribution is 6.53. The average molecular weight is 325 g/mol. The van der Waals surface area contributed by atoms with Crippen LogP contribution in [0, 0.1) is 6.92 Å². The SMILES string of the molecule is Cc1c(C(=O)N2CCOCC2)oc2c1C(=O)C(=O)c1ccccc1-2. The molecule has 4 rings (SSSR count). The van der Waals surface area contributed by atoms with Gasteiger partial charge in [0.15, 0.2) is 5.76 Å². The molecule has 0 N–H and O–H groups in total. The fraction of sp³-hybridized carbons (Fsp3) is 0.278. The molecule has 1 aromatic carbocycles. The molecule has 6 nitrogen and oxygen atoms in total. The Morgan fingerprint density at radius 3 is 2.42 bits per heavy atom. The summed E-state index contributed by atoms with van der Waals surface area (Å²) in [4.78, 5) is 39.1. The Kier molecular flexibility index (Phi) is 3.35. The molecule has 0 spiro atoms. The molecule has 1 aromatic heterocycles. The topological polar surface area (TPSA) is 76.8 Å². The molecule has 24 heavy (non-hydrogen) atoms. The molecular formula is C18H15NO5. The number of fused-ring (bicyclic) bond motifs is 3. The lowest BCUT2D eigenvalue weighted by Crippen LogP contribution is -2.40. The fourth-order valence-corrected chi connectivity index (χ4v) is 3.21. The van der Waals surface area contributed by atoms with Crippen molar-refractivity contribution in [1.82, 2.24) is 4.90 Å². The first-order valence-corrected chi connectivity index (χ1v) is 7.78. The van der Waals surface area contributed by atoms with Crippen molar-refractivity contribution < 1.29 is 23.5 Å².